The van der Waals surface area contributed by atoms with Crippen LogP contribution in [0.5, 0.6) is 0 Å². The fourth-order valence-electron chi connectivity index (χ4n) is 4.63. The SMILES string of the molecule is CN1CCN(c2ccc(Nc3ncc4ccn(S(=O)(=O)C5CCCCC5)c4n3)cc2)CC1. The lowest BCUT2D eigenvalue weighted by molar-refractivity contribution is 0.313. The van der Waals surface area contributed by atoms with Crippen LogP contribution in [0, 0.1) is 0 Å². The van der Waals surface area contributed by atoms with E-state index in [1.165, 1.54) is 9.66 Å². The fraction of sp³-hybridized carbons (Fsp3) is 0.478. The molecule has 2 aromatic heterocycles. The van der Waals surface area contributed by atoms with Gasteiger partial charge < -0.3 is 15.1 Å². The van der Waals surface area contributed by atoms with Crippen LogP contribution in [-0.4, -0.2) is 65.7 Å². The molecule has 5 rings (SSSR count). The van der Waals surface area contributed by atoms with E-state index in [4.69, 9.17) is 0 Å². The zero-order chi connectivity index (χ0) is 22.1. The molecule has 1 N–H and O–H groups in total. The second-order valence-corrected chi connectivity index (χ2v) is 10.9. The van der Waals surface area contributed by atoms with Crippen molar-refractivity contribution >= 4 is 38.4 Å². The van der Waals surface area contributed by atoms with Crippen molar-refractivity contribution in [3.8, 4) is 0 Å². The lowest BCUT2D eigenvalue weighted by Crippen LogP contribution is -2.44. The van der Waals surface area contributed by atoms with Gasteiger partial charge in [0.2, 0.25) is 16.0 Å². The third kappa shape index (κ3) is 4.19. The van der Waals surface area contributed by atoms with Crippen LogP contribution < -0.4 is 10.2 Å². The van der Waals surface area contributed by atoms with Gasteiger partial charge in [0.15, 0.2) is 5.65 Å². The van der Waals surface area contributed by atoms with Crippen LogP contribution in [0.4, 0.5) is 17.3 Å². The predicted octanol–water partition coefficient (Wildman–Crippen LogP) is 3.44. The first-order valence-electron chi connectivity index (χ1n) is 11.4. The average Bonchev–Trinajstić information content (AvgIpc) is 3.25. The molecule has 9 heteroatoms. The first kappa shape index (κ1) is 21.2. The second-order valence-electron chi connectivity index (χ2n) is 8.85. The molecule has 0 bridgehead atoms. The second kappa shape index (κ2) is 8.71. The van der Waals surface area contributed by atoms with E-state index in [-0.39, 0.29) is 5.25 Å². The van der Waals surface area contributed by atoms with E-state index >= 15 is 0 Å². The van der Waals surface area contributed by atoms with E-state index < -0.39 is 10.0 Å². The summed E-state index contributed by atoms with van der Waals surface area (Å²) in [6.07, 6.45) is 7.77. The summed E-state index contributed by atoms with van der Waals surface area (Å²) in [6, 6.07) is 9.99. The Morgan fingerprint density at radius 1 is 0.969 bits per heavy atom. The Morgan fingerprint density at radius 3 is 2.41 bits per heavy atom. The molecule has 32 heavy (non-hydrogen) atoms. The third-order valence-electron chi connectivity index (χ3n) is 6.63. The minimum atomic E-state index is -3.47. The molecule has 2 aliphatic rings. The summed E-state index contributed by atoms with van der Waals surface area (Å²) in [5, 5.41) is 3.61. The molecule has 0 atom stereocenters. The van der Waals surface area contributed by atoms with Crippen LogP contribution in [0.3, 0.4) is 0 Å². The van der Waals surface area contributed by atoms with Crippen LogP contribution in [-0.2, 0) is 10.0 Å². The normalized spacial score (nSPS) is 18.8. The van der Waals surface area contributed by atoms with Crippen molar-refractivity contribution in [1.82, 2.24) is 18.8 Å². The molecule has 170 valence electrons. The summed E-state index contributed by atoms with van der Waals surface area (Å²) in [4.78, 5) is 13.7. The first-order chi connectivity index (χ1) is 15.5. The summed E-state index contributed by atoms with van der Waals surface area (Å²) >= 11 is 0. The summed E-state index contributed by atoms with van der Waals surface area (Å²) in [5.74, 6) is 0.392. The number of nitrogens with one attached hydrogen (secondary N) is 1. The minimum Gasteiger partial charge on any atom is -0.369 e. The van der Waals surface area contributed by atoms with Gasteiger partial charge in [0.05, 0.1) is 5.25 Å². The Bertz CT molecular complexity index is 1180. The van der Waals surface area contributed by atoms with Crippen molar-refractivity contribution in [2.24, 2.45) is 0 Å². The van der Waals surface area contributed by atoms with Crippen LogP contribution in [0.1, 0.15) is 32.1 Å². The molecule has 0 amide bonds. The molecule has 1 aliphatic carbocycles. The maximum atomic E-state index is 13.2. The fourth-order valence-corrected chi connectivity index (χ4v) is 6.50. The summed E-state index contributed by atoms with van der Waals surface area (Å²) < 4.78 is 27.8. The molecular formula is C23H30N6O2S. The number of nitrogens with zero attached hydrogens (tertiary/aromatic N) is 5. The quantitative estimate of drug-likeness (QED) is 0.632. The van der Waals surface area contributed by atoms with Gasteiger partial charge in [0.1, 0.15) is 0 Å². The van der Waals surface area contributed by atoms with Crippen molar-refractivity contribution in [2.45, 2.75) is 37.4 Å². The maximum Gasteiger partial charge on any atom is 0.243 e. The number of likely N-dealkylation sites (N-methyl/N-ethyl adjacent to an activating group) is 1. The molecule has 0 spiro atoms. The van der Waals surface area contributed by atoms with Crippen molar-refractivity contribution in [2.75, 3.05) is 43.4 Å². The van der Waals surface area contributed by atoms with Crippen molar-refractivity contribution in [3.63, 3.8) is 0 Å². The number of hydrogen-bond donors (Lipinski definition) is 1. The Hall–Kier alpha value is -2.65. The molecule has 3 heterocycles. The van der Waals surface area contributed by atoms with E-state index in [1.807, 2.05) is 12.1 Å². The number of aromatic nitrogens is 3. The Balaban J connectivity index is 1.35. The number of anilines is 3. The van der Waals surface area contributed by atoms with Gasteiger partial charge in [-0.05, 0) is 50.2 Å². The number of hydrogen-bond acceptors (Lipinski definition) is 7. The van der Waals surface area contributed by atoms with Crippen LogP contribution in [0.25, 0.3) is 11.0 Å². The molecule has 0 radical (unpaired) electrons. The molecule has 1 saturated carbocycles. The molecular weight excluding hydrogens is 424 g/mol. The number of fused-ring (bicyclic) bond motifs is 1. The van der Waals surface area contributed by atoms with E-state index in [9.17, 15) is 8.42 Å². The van der Waals surface area contributed by atoms with Gasteiger partial charge in [0, 0.05) is 55.3 Å². The van der Waals surface area contributed by atoms with Gasteiger partial charge in [-0.15, -0.1) is 0 Å². The predicted molar refractivity (Wildman–Crippen MR) is 128 cm³/mol. The minimum absolute atomic E-state index is 0.333. The van der Waals surface area contributed by atoms with Gasteiger partial charge in [-0.1, -0.05) is 19.3 Å². The number of piperazine rings is 1. The maximum absolute atomic E-state index is 13.2. The van der Waals surface area contributed by atoms with Gasteiger partial charge in [0.25, 0.3) is 0 Å². The summed E-state index contributed by atoms with van der Waals surface area (Å²) in [7, 11) is -1.32. The average molecular weight is 455 g/mol. The lowest BCUT2D eigenvalue weighted by atomic mass is 10.0. The third-order valence-corrected chi connectivity index (χ3v) is 8.79. The Morgan fingerprint density at radius 2 is 1.69 bits per heavy atom. The number of rotatable bonds is 5. The van der Waals surface area contributed by atoms with Gasteiger partial charge in [-0.3, -0.25) is 0 Å². The zero-order valence-corrected chi connectivity index (χ0v) is 19.3. The smallest absolute Gasteiger partial charge is 0.243 e. The van der Waals surface area contributed by atoms with E-state index in [0.717, 1.165) is 69.4 Å². The monoisotopic (exact) mass is 454 g/mol. The van der Waals surface area contributed by atoms with E-state index in [0.29, 0.717) is 11.6 Å². The molecule has 1 aliphatic heterocycles. The standard InChI is InChI=1S/C23H30N6O2S/c1-27-13-15-28(16-14-27)20-9-7-19(8-10-20)25-23-24-17-18-11-12-29(22(18)26-23)32(30,31)21-5-3-2-4-6-21/h7-12,17,21H,2-6,13-16H2,1H3,(H,24,25,26). The highest BCUT2D eigenvalue weighted by atomic mass is 32.2. The highest BCUT2D eigenvalue weighted by molar-refractivity contribution is 7.90. The summed E-state index contributed by atoms with van der Waals surface area (Å²) in [5.41, 5.74) is 2.50. The number of benzene rings is 1. The van der Waals surface area contributed by atoms with Crippen molar-refractivity contribution in [3.05, 3.63) is 42.7 Å². The Labute approximate surface area is 189 Å². The molecule has 1 saturated heterocycles. The van der Waals surface area contributed by atoms with Crippen LogP contribution in [0.2, 0.25) is 0 Å². The van der Waals surface area contributed by atoms with Crippen LogP contribution in [0.15, 0.2) is 42.7 Å². The van der Waals surface area contributed by atoms with Gasteiger partial charge in [-0.2, -0.15) is 4.98 Å². The molecule has 1 aromatic carbocycles. The first-order valence-corrected chi connectivity index (χ1v) is 12.9. The molecule has 8 nitrogen and oxygen atoms in total. The van der Waals surface area contributed by atoms with Crippen molar-refractivity contribution < 1.29 is 8.42 Å². The summed E-state index contributed by atoms with van der Waals surface area (Å²) in [6.45, 7) is 4.18. The topological polar surface area (TPSA) is 83.4 Å². The Kier molecular flexibility index (Phi) is 5.77. The lowest BCUT2D eigenvalue weighted by Gasteiger charge is -2.34. The van der Waals surface area contributed by atoms with Crippen molar-refractivity contribution in [1.29, 1.82) is 0 Å². The zero-order valence-electron chi connectivity index (χ0n) is 18.4. The van der Waals surface area contributed by atoms with Gasteiger partial charge in [-0.25, -0.2) is 17.4 Å². The van der Waals surface area contributed by atoms with Gasteiger partial charge >= 0.3 is 0 Å². The van der Waals surface area contributed by atoms with E-state index in [2.05, 4.69) is 44.3 Å². The largest absolute Gasteiger partial charge is 0.369 e. The van der Waals surface area contributed by atoms with E-state index in [1.54, 1.807) is 18.5 Å². The molecule has 2 fully saturated rings. The van der Waals surface area contributed by atoms with Crippen LogP contribution >= 0.6 is 0 Å². The molecule has 3 aromatic rings. The highest BCUT2D eigenvalue weighted by Crippen LogP contribution is 2.28. The molecule has 0 unspecified atom stereocenters. The highest BCUT2D eigenvalue weighted by Gasteiger charge is 2.30.